The molecule has 0 rings (SSSR count). The fourth-order valence-electron chi connectivity index (χ4n) is 2.40. The van der Waals surface area contributed by atoms with E-state index in [1.807, 2.05) is 0 Å². The first kappa shape index (κ1) is 18.0. The normalized spacial score (nSPS) is 12.9. The van der Waals surface area contributed by atoms with E-state index in [0.717, 1.165) is 0 Å². The summed E-state index contributed by atoms with van der Waals surface area (Å²) in [5.41, 5.74) is 0. The predicted octanol–water partition coefficient (Wildman–Crippen LogP) is 0.0442. The molecule has 0 spiro atoms. The first-order valence-electron chi connectivity index (χ1n) is 4.47. The summed E-state index contributed by atoms with van der Waals surface area (Å²) in [5, 5.41) is 0. The molecule has 0 atom stereocenters. The van der Waals surface area contributed by atoms with Crippen LogP contribution in [0.4, 0.5) is 0 Å². The van der Waals surface area contributed by atoms with Crippen LogP contribution < -0.4 is 0 Å². The summed E-state index contributed by atoms with van der Waals surface area (Å²) in [7, 11) is 17.5. The van der Waals surface area contributed by atoms with Gasteiger partial charge < -0.3 is 0 Å². The second-order valence-corrected chi connectivity index (χ2v) is 21.3. The van der Waals surface area contributed by atoms with Crippen molar-refractivity contribution in [3.63, 3.8) is 0 Å². The zero-order valence-corrected chi connectivity index (χ0v) is 18.0. The predicted molar refractivity (Wildman–Crippen MR) is 54.7 cm³/mol. The van der Waals surface area contributed by atoms with Gasteiger partial charge in [0, 0.05) is 25.8 Å². The Morgan fingerprint density at radius 1 is 0.500 bits per heavy atom. The molecule has 0 fully saturated rings. The van der Waals surface area contributed by atoms with Crippen LogP contribution in [0.25, 0.3) is 0 Å². The fourth-order valence-corrected chi connectivity index (χ4v) is 19.6. The third kappa shape index (κ3) is 3.28. The maximum absolute atomic E-state index is 2.73. The smallest absolute Gasteiger partial charge is 0 e. The van der Waals surface area contributed by atoms with Crippen LogP contribution in [0.5, 0.6) is 0 Å². The molecule has 0 saturated carbocycles. The van der Waals surface area contributed by atoms with Crippen LogP contribution in [-0.4, -0.2) is 67.9 Å². The van der Waals surface area contributed by atoms with Crippen LogP contribution in [0.2, 0.25) is 0 Å². The molecular formula is C8H24Hf2N4. The van der Waals surface area contributed by atoms with Gasteiger partial charge in [-0.3, -0.25) is 0 Å². The van der Waals surface area contributed by atoms with Gasteiger partial charge in [0.15, 0.2) is 0 Å². The summed E-state index contributed by atoms with van der Waals surface area (Å²) in [4.78, 5) is 0. The van der Waals surface area contributed by atoms with Crippen molar-refractivity contribution in [3.05, 3.63) is 0 Å². The van der Waals surface area contributed by atoms with E-state index in [0.29, 0.717) is 0 Å². The van der Waals surface area contributed by atoms with Crippen molar-refractivity contribution >= 4 is 0 Å². The second-order valence-electron chi connectivity index (χ2n) is 4.18. The molecular weight excluding hydrogens is 509 g/mol. The van der Waals surface area contributed by atoms with Gasteiger partial charge in [-0.1, -0.05) is 0 Å². The minimum absolute atomic E-state index is 0. The molecule has 0 heterocycles. The Balaban J connectivity index is 0. The van der Waals surface area contributed by atoms with Gasteiger partial charge in [0.25, 0.3) is 0 Å². The van der Waals surface area contributed by atoms with Gasteiger partial charge in [-0.05, 0) is 0 Å². The van der Waals surface area contributed by atoms with Gasteiger partial charge in [0.2, 0.25) is 0 Å². The average molecular weight is 533 g/mol. The zero-order chi connectivity index (χ0) is 10.8. The van der Waals surface area contributed by atoms with E-state index < -0.39 is 21.1 Å². The third-order valence-electron chi connectivity index (χ3n) is 2.40. The van der Waals surface area contributed by atoms with Crippen molar-refractivity contribution in [1.29, 1.82) is 0 Å². The summed E-state index contributed by atoms with van der Waals surface area (Å²) in [6, 6.07) is 0. The summed E-state index contributed by atoms with van der Waals surface area (Å²) in [6.07, 6.45) is 0. The fraction of sp³-hybridized carbons (Fsp3) is 1.00. The van der Waals surface area contributed by atoms with Crippen molar-refractivity contribution < 1.29 is 47.0 Å². The van der Waals surface area contributed by atoms with Gasteiger partial charge in [0.05, 0.1) is 0 Å². The quantitative estimate of drug-likeness (QED) is 0.474. The molecule has 84 valence electrons. The maximum atomic E-state index is 2.41. The molecule has 14 heavy (non-hydrogen) atoms. The molecule has 0 bridgehead atoms. The van der Waals surface area contributed by atoms with Crippen molar-refractivity contribution in [3.8, 4) is 0 Å². The van der Waals surface area contributed by atoms with E-state index in [2.05, 4.69) is 67.9 Å². The Labute approximate surface area is 114 Å². The molecule has 6 heteroatoms. The molecule has 0 unspecified atom stereocenters. The van der Waals surface area contributed by atoms with E-state index in [4.69, 9.17) is 0 Å². The van der Waals surface area contributed by atoms with E-state index in [9.17, 15) is 0 Å². The van der Waals surface area contributed by atoms with Crippen molar-refractivity contribution in [2.75, 3.05) is 56.4 Å². The molecule has 0 aromatic heterocycles. The Morgan fingerprint density at radius 3 is 0.643 bits per heavy atom. The van der Waals surface area contributed by atoms with E-state index in [-0.39, 0.29) is 25.8 Å². The number of rotatable bonds is 4. The number of hydrogen-bond donors (Lipinski definition) is 0. The van der Waals surface area contributed by atoms with Crippen LogP contribution in [0.3, 0.4) is 0 Å². The minimum Gasteiger partial charge on any atom is 0 e. The van der Waals surface area contributed by atoms with Gasteiger partial charge in [-0.25, -0.2) is 0 Å². The Hall–Kier alpha value is 1.58. The van der Waals surface area contributed by atoms with Crippen molar-refractivity contribution in [2.24, 2.45) is 0 Å². The maximum Gasteiger partial charge on any atom is 0 e. The van der Waals surface area contributed by atoms with Gasteiger partial charge in [0.1, 0.15) is 0 Å². The third-order valence-corrected chi connectivity index (χ3v) is 19.6. The van der Waals surface area contributed by atoms with E-state index >= 15 is 0 Å². The Morgan fingerprint density at radius 2 is 0.643 bits per heavy atom. The van der Waals surface area contributed by atoms with Crippen LogP contribution in [0, 0.1) is 0 Å². The molecule has 0 aromatic rings. The van der Waals surface area contributed by atoms with Crippen LogP contribution >= 0.6 is 0 Å². The standard InChI is InChI=1S/4C2H6N.2Hf/c4*1-3-2;;/h4*1-2H3;;/q4*-1;;+4. The monoisotopic (exact) mass is 536 g/mol. The second kappa shape index (κ2) is 7.01. The van der Waals surface area contributed by atoms with E-state index in [1.165, 1.54) is 0 Å². The molecule has 0 radical (unpaired) electrons. The Kier molecular flexibility index (Phi) is 9.00. The molecule has 0 saturated heterocycles. The van der Waals surface area contributed by atoms with Crippen LogP contribution in [-0.2, 0) is 47.0 Å². The summed E-state index contributed by atoms with van der Waals surface area (Å²) < 4.78 is 9.64. The molecule has 4 nitrogen and oxygen atoms in total. The van der Waals surface area contributed by atoms with Crippen molar-refractivity contribution in [2.45, 2.75) is 0 Å². The van der Waals surface area contributed by atoms with Crippen LogP contribution in [0.15, 0.2) is 0 Å². The molecule has 0 aliphatic heterocycles. The summed E-state index contributed by atoms with van der Waals surface area (Å²) in [5.74, 6) is 0. The number of nitrogens with zero attached hydrogens (tertiary/aromatic N) is 4. The van der Waals surface area contributed by atoms with Crippen molar-refractivity contribution in [1.82, 2.24) is 11.6 Å². The minimum atomic E-state index is -2.73. The average Bonchev–Trinajstić information content (AvgIpc) is 1.82. The van der Waals surface area contributed by atoms with Gasteiger partial charge in [-0.2, -0.15) is 0 Å². The molecule has 0 aliphatic rings. The SMILES string of the molecule is C[N](C)[Hf]([N](C)C)([N](C)C)[N](C)C.[Hf]. The Bertz CT molecular complexity index is 122. The van der Waals surface area contributed by atoms with E-state index in [1.54, 1.807) is 0 Å². The van der Waals surface area contributed by atoms with Gasteiger partial charge in [-0.15, -0.1) is 0 Å². The summed E-state index contributed by atoms with van der Waals surface area (Å²) in [6.45, 7) is 0. The summed E-state index contributed by atoms with van der Waals surface area (Å²) >= 11 is -2.73. The van der Waals surface area contributed by atoms with Gasteiger partial charge >= 0.3 is 89.1 Å². The topological polar surface area (TPSA) is 13.0 Å². The molecule has 0 N–H and O–H groups in total. The molecule has 0 amide bonds. The van der Waals surface area contributed by atoms with Crippen LogP contribution in [0.1, 0.15) is 0 Å². The first-order chi connectivity index (χ1) is 5.77. The largest absolute Gasteiger partial charge is 0 e. The number of hydrogen-bond acceptors (Lipinski definition) is 4. The molecule has 0 aliphatic carbocycles. The first-order valence-corrected chi connectivity index (χ1v) is 10.9. The zero-order valence-electron chi connectivity index (χ0n) is 10.8. The molecule has 0 aromatic carbocycles.